The predicted molar refractivity (Wildman–Crippen MR) is 74.6 cm³/mol. The van der Waals surface area contributed by atoms with Gasteiger partial charge in [0.2, 0.25) is 0 Å². The van der Waals surface area contributed by atoms with E-state index < -0.39 is 0 Å². The van der Waals surface area contributed by atoms with Gasteiger partial charge in [0, 0.05) is 58.9 Å². The van der Waals surface area contributed by atoms with Gasteiger partial charge in [-0.1, -0.05) is 12.2 Å². The van der Waals surface area contributed by atoms with E-state index in [4.69, 9.17) is 18.0 Å². The maximum atomic E-state index is 11.4. The zero-order valence-electron chi connectivity index (χ0n) is 10.6. The molecule has 2 amide bonds. The topological polar surface area (TPSA) is 64.8 Å². The largest absolute Gasteiger partial charge is 0.392 e. The van der Waals surface area contributed by atoms with Gasteiger partial charge >= 0.3 is 6.03 Å². The second-order valence-electron chi connectivity index (χ2n) is 4.80. The Balaban J connectivity index is 1.64. The minimum atomic E-state index is 0.0714. The number of carbonyl (C=O) groups excluding carboxylic acids is 1. The van der Waals surface area contributed by atoms with E-state index in [-0.39, 0.29) is 6.03 Å². The van der Waals surface area contributed by atoms with E-state index in [1.165, 1.54) is 0 Å². The lowest BCUT2D eigenvalue weighted by Crippen LogP contribution is -2.50. The Hall–Kier alpha value is -0.920. The molecule has 2 fully saturated rings. The van der Waals surface area contributed by atoms with Crippen LogP contribution in [0.15, 0.2) is 0 Å². The minimum Gasteiger partial charge on any atom is -0.392 e. The monoisotopic (exact) mass is 271 g/mol. The summed E-state index contributed by atoms with van der Waals surface area (Å²) in [6.45, 7) is 8.16. The number of thiocarbonyl (C=S) groups is 1. The summed E-state index contributed by atoms with van der Waals surface area (Å²) in [7, 11) is 0. The SMILES string of the molecule is NC(=S)CN1CCN(CCN2CCNC2=O)CC1. The fourth-order valence-corrected chi connectivity index (χ4v) is 2.56. The first kappa shape index (κ1) is 13.5. The molecule has 18 heavy (non-hydrogen) atoms. The van der Waals surface area contributed by atoms with Crippen molar-refractivity contribution in [2.75, 3.05) is 58.9 Å². The zero-order chi connectivity index (χ0) is 13.0. The van der Waals surface area contributed by atoms with Gasteiger partial charge in [-0.15, -0.1) is 0 Å². The highest BCUT2D eigenvalue weighted by Crippen LogP contribution is 2.03. The molecule has 0 unspecified atom stereocenters. The fourth-order valence-electron chi connectivity index (χ4n) is 2.38. The highest BCUT2D eigenvalue weighted by Gasteiger charge is 2.21. The molecule has 0 spiro atoms. The molecule has 2 rings (SSSR count). The molecule has 6 nitrogen and oxygen atoms in total. The maximum absolute atomic E-state index is 11.4. The molecule has 2 heterocycles. The highest BCUT2D eigenvalue weighted by molar-refractivity contribution is 7.80. The standard InChI is InChI=1S/C11H21N5OS/c12-10(18)9-15-5-3-14(4-6-15)7-8-16-2-1-13-11(16)17/h1-9H2,(H2,12,18)(H,13,17). The van der Waals surface area contributed by atoms with Gasteiger partial charge in [0.25, 0.3) is 0 Å². The average molecular weight is 271 g/mol. The van der Waals surface area contributed by atoms with Gasteiger partial charge in [-0.3, -0.25) is 9.80 Å². The van der Waals surface area contributed by atoms with Crippen LogP contribution in [0.2, 0.25) is 0 Å². The van der Waals surface area contributed by atoms with Crippen molar-refractivity contribution < 1.29 is 4.79 Å². The van der Waals surface area contributed by atoms with Gasteiger partial charge in [0.1, 0.15) is 0 Å². The first-order chi connectivity index (χ1) is 8.65. The molecule has 102 valence electrons. The summed E-state index contributed by atoms with van der Waals surface area (Å²) in [6, 6.07) is 0.0714. The molecule has 2 aliphatic rings. The van der Waals surface area contributed by atoms with Crippen LogP contribution in [0.5, 0.6) is 0 Å². The van der Waals surface area contributed by atoms with Crippen LogP contribution in [0.4, 0.5) is 4.79 Å². The number of hydrogen-bond acceptors (Lipinski definition) is 4. The summed E-state index contributed by atoms with van der Waals surface area (Å²) in [4.78, 5) is 18.5. The van der Waals surface area contributed by atoms with Crippen molar-refractivity contribution in [3.05, 3.63) is 0 Å². The number of nitrogens with one attached hydrogen (secondary N) is 1. The minimum absolute atomic E-state index is 0.0714. The average Bonchev–Trinajstić information content (AvgIpc) is 2.73. The van der Waals surface area contributed by atoms with Crippen molar-refractivity contribution in [1.29, 1.82) is 0 Å². The highest BCUT2D eigenvalue weighted by atomic mass is 32.1. The molecule has 0 saturated carbocycles. The molecule has 7 heteroatoms. The second-order valence-corrected chi connectivity index (χ2v) is 5.33. The number of rotatable bonds is 5. The van der Waals surface area contributed by atoms with Gasteiger partial charge in [0.15, 0.2) is 0 Å². The third kappa shape index (κ3) is 3.79. The van der Waals surface area contributed by atoms with Crippen molar-refractivity contribution >= 4 is 23.2 Å². The number of piperazine rings is 1. The van der Waals surface area contributed by atoms with Crippen molar-refractivity contribution in [3.63, 3.8) is 0 Å². The summed E-state index contributed by atoms with van der Waals surface area (Å²) in [6.07, 6.45) is 0. The van der Waals surface area contributed by atoms with Crippen LogP contribution in [0, 0.1) is 0 Å². The predicted octanol–water partition coefficient (Wildman–Crippen LogP) is -1.08. The Labute approximate surface area is 113 Å². The smallest absolute Gasteiger partial charge is 0.317 e. The molecule has 0 aliphatic carbocycles. The molecule has 2 saturated heterocycles. The van der Waals surface area contributed by atoms with E-state index in [1.807, 2.05) is 4.90 Å². The summed E-state index contributed by atoms with van der Waals surface area (Å²) < 4.78 is 0. The molecule has 0 bridgehead atoms. The van der Waals surface area contributed by atoms with Crippen LogP contribution in [0.1, 0.15) is 0 Å². The molecule has 2 aliphatic heterocycles. The zero-order valence-corrected chi connectivity index (χ0v) is 11.4. The third-order valence-corrected chi connectivity index (χ3v) is 3.60. The van der Waals surface area contributed by atoms with Gasteiger partial charge in [-0.25, -0.2) is 4.79 Å². The Morgan fingerprint density at radius 1 is 1.17 bits per heavy atom. The van der Waals surface area contributed by atoms with Gasteiger partial charge < -0.3 is 16.0 Å². The number of urea groups is 1. The van der Waals surface area contributed by atoms with E-state index in [2.05, 4.69) is 15.1 Å². The van der Waals surface area contributed by atoms with E-state index >= 15 is 0 Å². The lowest BCUT2D eigenvalue weighted by Gasteiger charge is -2.35. The number of nitrogens with two attached hydrogens (primary N) is 1. The van der Waals surface area contributed by atoms with E-state index in [0.717, 1.165) is 58.9 Å². The van der Waals surface area contributed by atoms with Crippen LogP contribution in [-0.4, -0.2) is 84.6 Å². The molecule has 3 N–H and O–H groups in total. The lowest BCUT2D eigenvalue weighted by atomic mass is 10.3. The Bertz CT molecular complexity index is 317. The quantitative estimate of drug-likeness (QED) is 0.623. The molecular formula is C11H21N5OS. The molecular weight excluding hydrogens is 250 g/mol. The third-order valence-electron chi connectivity index (χ3n) is 3.48. The lowest BCUT2D eigenvalue weighted by molar-refractivity contribution is 0.135. The van der Waals surface area contributed by atoms with Gasteiger partial charge in [-0.05, 0) is 0 Å². The van der Waals surface area contributed by atoms with Crippen LogP contribution in [-0.2, 0) is 0 Å². The van der Waals surface area contributed by atoms with Crippen LogP contribution >= 0.6 is 12.2 Å². The summed E-state index contributed by atoms with van der Waals surface area (Å²) in [5.74, 6) is 0. The van der Waals surface area contributed by atoms with Crippen molar-refractivity contribution in [2.24, 2.45) is 5.73 Å². The van der Waals surface area contributed by atoms with E-state index in [1.54, 1.807) is 0 Å². The number of hydrogen-bond donors (Lipinski definition) is 2. The first-order valence-electron chi connectivity index (χ1n) is 6.41. The Morgan fingerprint density at radius 2 is 1.83 bits per heavy atom. The Kier molecular flexibility index (Phi) is 4.73. The van der Waals surface area contributed by atoms with Gasteiger partial charge in [0.05, 0.1) is 4.99 Å². The van der Waals surface area contributed by atoms with Crippen LogP contribution in [0.3, 0.4) is 0 Å². The van der Waals surface area contributed by atoms with Crippen molar-refractivity contribution in [3.8, 4) is 0 Å². The van der Waals surface area contributed by atoms with E-state index in [0.29, 0.717) is 4.99 Å². The number of nitrogens with zero attached hydrogens (tertiary/aromatic N) is 3. The molecule has 0 radical (unpaired) electrons. The Morgan fingerprint density at radius 3 is 2.39 bits per heavy atom. The molecule has 0 aromatic heterocycles. The van der Waals surface area contributed by atoms with Crippen LogP contribution in [0.25, 0.3) is 0 Å². The molecule has 0 atom stereocenters. The molecule has 0 aromatic rings. The number of carbonyl (C=O) groups is 1. The normalized spacial score (nSPS) is 22.2. The second kappa shape index (κ2) is 6.31. The van der Waals surface area contributed by atoms with Crippen LogP contribution < -0.4 is 11.1 Å². The molecule has 0 aromatic carbocycles. The van der Waals surface area contributed by atoms with Crippen molar-refractivity contribution in [1.82, 2.24) is 20.0 Å². The maximum Gasteiger partial charge on any atom is 0.317 e. The van der Waals surface area contributed by atoms with E-state index in [9.17, 15) is 4.79 Å². The fraction of sp³-hybridized carbons (Fsp3) is 0.818. The summed E-state index contributed by atoms with van der Waals surface area (Å²) in [5.41, 5.74) is 5.54. The van der Waals surface area contributed by atoms with Gasteiger partial charge in [-0.2, -0.15) is 0 Å². The number of amides is 2. The first-order valence-corrected chi connectivity index (χ1v) is 6.82. The van der Waals surface area contributed by atoms with Crippen molar-refractivity contribution in [2.45, 2.75) is 0 Å². The summed E-state index contributed by atoms with van der Waals surface area (Å²) >= 11 is 4.91. The summed E-state index contributed by atoms with van der Waals surface area (Å²) in [5, 5.41) is 2.82.